The number of piperidine rings is 1. The van der Waals surface area contributed by atoms with Crippen molar-refractivity contribution in [2.45, 2.75) is 18.8 Å². The Bertz CT molecular complexity index is 790. The highest BCUT2D eigenvalue weighted by molar-refractivity contribution is 5.96. The maximum absolute atomic E-state index is 13.0. The van der Waals surface area contributed by atoms with Crippen molar-refractivity contribution in [2.24, 2.45) is 17.8 Å². The molecule has 5 rings (SSSR count). The Morgan fingerprint density at radius 2 is 1.78 bits per heavy atom. The van der Waals surface area contributed by atoms with Crippen molar-refractivity contribution in [2.75, 3.05) is 19.7 Å². The van der Waals surface area contributed by atoms with E-state index in [0.29, 0.717) is 29.4 Å². The number of carbonyl (C=O) groups is 1. The minimum Gasteiger partial charge on any atom is -0.396 e. The molecule has 1 N–H and O–H groups in total. The summed E-state index contributed by atoms with van der Waals surface area (Å²) in [6.07, 6.45) is 2.20. The molecule has 3 atom stereocenters. The Hall–Kier alpha value is -2.01. The van der Waals surface area contributed by atoms with Gasteiger partial charge in [-0.3, -0.25) is 4.79 Å². The second kappa shape index (κ2) is 4.74. The topological polar surface area (TPSA) is 66.3 Å². The average Bonchev–Trinajstić information content (AvgIpc) is 3.50. The van der Waals surface area contributed by atoms with E-state index in [1.54, 1.807) is 0 Å². The predicted octanol–water partition coefficient (Wildman–Crippen LogP) is 1.82. The van der Waals surface area contributed by atoms with Gasteiger partial charge in [-0.25, -0.2) is 9.97 Å². The Morgan fingerprint density at radius 3 is 2.39 bits per heavy atom. The molecule has 1 amide bonds. The second-order valence-corrected chi connectivity index (χ2v) is 7.10. The fourth-order valence-electron chi connectivity index (χ4n) is 4.05. The summed E-state index contributed by atoms with van der Waals surface area (Å²) in [6, 6.07) is 7.76. The zero-order valence-corrected chi connectivity index (χ0v) is 12.9. The second-order valence-electron chi connectivity index (χ2n) is 7.10. The summed E-state index contributed by atoms with van der Waals surface area (Å²) in [7, 11) is 0. The van der Waals surface area contributed by atoms with Crippen molar-refractivity contribution < 1.29 is 9.90 Å². The summed E-state index contributed by atoms with van der Waals surface area (Å²) in [5, 5.41) is 9.27. The van der Waals surface area contributed by atoms with Crippen LogP contribution in [0.5, 0.6) is 0 Å². The highest BCUT2D eigenvalue weighted by Gasteiger charge is 2.56. The van der Waals surface area contributed by atoms with E-state index in [4.69, 9.17) is 4.98 Å². The molecule has 118 valence electrons. The minimum atomic E-state index is 0.0223. The molecule has 0 radical (unpaired) electrons. The van der Waals surface area contributed by atoms with Crippen molar-refractivity contribution in [1.29, 1.82) is 0 Å². The summed E-state index contributed by atoms with van der Waals surface area (Å²) >= 11 is 0. The van der Waals surface area contributed by atoms with E-state index in [9.17, 15) is 9.90 Å². The van der Waals surface area contributed by atoms with Crippen LogP contribution in [-0.2, 0) is 0 Å². The third-order valence-electron chi connectivity index (χ3n) is 5.63. The molecule has 3 fully saturated rings. The first-order valence-electron chi connectivity index (χ1n) is 8.43. The number of nitrogens with zero attached hydrogens (tertiary/aromatic N) is 3. The lowest BCUT2D eigenvalue weighted by Crippen LogP contribution is -2.33. The number of aliphatic hydroxyl groups is 1. The first-order valence-corrected chi connectivity index (χ1v) is 8.43. The summed E-state index contributed by atoms with van der Waals surface area (Å²) in [4.78, 5) is 24.3. The number of carbonyl (C=O) groups excluding carboxylic acids is 1. The van der Waals surface area contributed by atoms with E-state index in [-0.39, 0.29) is 12.5 Å². The molecule has 23 heavy (non-hydrogen) atoms. The minimum absolute atomic E-state index is 0.0223. The van der Waals surface area contributed by atoms with Gasteiger partial charge in [-0.15, -0.1) is 0 Å². The highest BCUT2D eigenvalue weighted by Crippen LogP contribution is 2.51. The first kappa shape index (κ1) is 13.4. The van der Waals surface area contributed by atoms with E-state index < -0.39 is 0 Å². The van der Waals surface area contributed by atoms with Crippen LogP contribution in [0.2, 0.25) is 0 Å². The molecule has 1 unspecified atom stereocenters. The number of hydrogen-bond donors (Lipinski definition) is 1. The molecule has 0 bridgehead atoms. The number of benzene rings is 1. The smallest absolute Gasteiger partial charge is 0.274 e. The third-order valence-corrected chi connectivity index (χ3v) is 5.63. The van der Waals surface area contributed by atoms with Crippen molar-refractivity contribution >= 4 is 16.9 Å². The van der Waals surface area contributed by atoms with Crippen molar-refractivity contribution in [3.63, 3.8) is 0 Å². The maximum atomic E-state index is 13.0. The molecule has 1 aliphatic heterocycles. The Labute approximate surface area is 134 Å². The summed E-state index contributed by atoms with van der Waals surface area (Å²) < 4.78 is 0. The van der Waals surface area contributed by atoms with Gasteiger partial charge in [0.05, 0.1) is 16.7 Å². The zero-order valence-electron chi connectivity index (χ0n) is 12.9. The molecule has 1 aromatic heterocycles. The van der Waals surface area contributed by atoms with Crippen molar-refractivity contribution in [3.8, 4) is 0 Å². The number of fused-ring (bicyclic) bond motifs is 2. The SMILES string of the molecule is O=C(c1nc2ccccc2nc1C1CC1)N1C[C@@H]2C(CO)[C@@H]2C1. The molecule has 1 aromatic carbocycles. The van der Waals surface area contributed by atoms with Gasteiger partial charge in [0.15, 0.2) is 5.69 Å². The summed E-state index contributed by atoms with van der Waals surface area (Å²) in [6.45, 7) is 1.77. The number of likely N-dealkylation sites (tertiary alicyclic amines) is 1. The summed E-state index contributed by atoms with van der Waals surface area (Å²) in [5.41, 5.74) is 3.09. The van der Waals surface area contributed by atoms with Gasteiger partial charge >= 0.3 is 0 Å². The van der Waals surface area contributed by atoms with Crippen LogP contribution < -0.4 is 0 Å². The van der Waals surface area contributed by atoms with Gasteiger partial charge in [0.2, 0.25) is 0 Å². The van der Waals surface area contributed by atoms with Crippen LogP contribution in [0.15, 0.2) is 24.3 Å². The average molecular weight is 309 g/mol. The van der Waals surface area contributed by atoms with E-state index in [0.717, 1.165) is 42.7 Å². The number of aromatic nitrogens is 2. The lowest BCUT2D eigenvalue weighted by molar-refractivity contribution is 0.0752. The number of amides is 1. The van der Waals surface area contributed by atoms with Gasteiger partial charge in [-0.1, -0.05) is 12.1 Å². The lowest BCUT2D eigenvalue weighted by Gasteiger charge is -2.20. The lowest BCUT2D eigenvalue weighted by atomic mass is 10.1. The molecule has 5 heteroatoms. The fraction of sp³-hybridized carbons (Fsp3) is 0.500. The molecule has 2 aromatic rings. The molecular formula is C18H19N3O2. The maximum Gasteiger partial charge on any atom is 0.274 e. The van der Waals surface area contributed by atoms with Gasteiger partial charge in [0.1, 0.15) is 0 Å². The molecule has 3 aliphatic rings. The van der Waals surface area contributed by atoms with Crippen molar-refractivity contribution in [3.05, 3.63) is 35.7 Å². The molecule has 5 nitrogen and oxygen atoms in total. The van der Waals surface area contributed by atoms with E-state index >= 15 is 0 Å². The quantitative estimate of drug-likeness (QED) is 0.939. The van der Waals surface area contributed by atoms with Gasteiger partial charge in [0.25, 0.3) is 5.91 Å². The fourth-order valence-corrected chi connectivity index (χ4v) is 4.05. The monoisotopic (exact) mass is 309 g/mol. The van der Waals surface area contributed by atoms with Crippen LogP contribution >= 0.6 is 0 Å². The Morgan fingerprint density at radius 1 is 1.13 bits per heavy atom. The molecule has 2 heterocycles. The van der Waals surface area contributed by atoms with Crippen LogP contribution in [0.4, 0.5) is 0 Å². The number of para-hydroxylation sites is 2. The Balaban J connectivity index is 1.49. The van der Waals surface area contributed by atoms with Crippen LogP contribution in [0, 0.1) is 17.8 Å². The molecule has 2 aliphatic carbocycles. The molecular weight excluding hydrogens is 290 g/mol. The number of aliphatic hydroxyl groups excluding tert-OH is 1. The van der Waals surface area contributed by atoms with Gasteiger partial charge in [-0.05, 0) is 42.7 Å². The Kier molecular flexibility index (Phi) is 2.77. The molecule has 2 saturated carbocycles. The highest BCUT2D eigenvalue weighted by atomic mass is 16.3. The largest absolute Gasteiger partial charge is 0.396 e. The standard InChI is InChI=1S/C18H19N3O2/c22-9-13-11-7-21(8-12(11)13)18(23)17-16(10-5-6-10)19-14-3-1-2-4-15(14)20-17/h1-4,10-13,22H,5-9H2/t11-,12+,13?. The molecule has 1 saturated heterocycles. The normalized spacial score (nSPS) is 28.9. The molecule has 0 spiro atoms. The van der Waals surface area contributed by atoms with Crippen LogP contribution in [0.25, 0.3) is 11.0 Å². The van der Waals surface area contributed by atoms with Gasteiger partial charge in [-0.2, -0.15) is 0 Å². The van der Waals surface area contributed by atoms with E-state index in [1.807, 2.05) is 29.2 Å². The van der Waals surface area contributed by atoms with Crippen molar-refractivity contribution in [1.82, 2.24) is 14.9 Å². The predicted molar refractivity (Wildman–Crippen MR) is 85.0 cm³/mol. The third kappa shape index (κ3) is 2.06. The van der Waals surface area contributed by atoms with Crippen LogP contribution in [0.1, 0.15) is 34.9 Å². The summed E-state index contributed by atoms with van der Waals surface area (Å²) in [5.74, 6) is 1.80. The van der Waals surface area contributed by atoms with Gasteiger partial charge in [0, 0.05) is 25.6 Å². The first-order chi connectivity index (χ1) is 11.3. The van der Waals surface area contributed by atoms with E-state index in [2.05, 4.69) is 4.98 Å². The van der Waals surface area contributed by atoms with Gasteiger partial charge < -0.3 is 10.0 Å². The number of rotatable bonds is 3. The van der Waals surface area contributed by atoms with Crippen LogP contribution in [-0.4, -0.2) is 45.6 Å². The van der Waals surface area contributed by atoms with E-state index in [1.165, 1.54) is 0 Å². The number of hydrogen-bond acceptors (Lipinski definition) is 4. The van der Waals surface area contributed by atoms with Crippen LogP contribution in [0.3, 0.4) is 0 Å². The zero-order chi connectivity index (χ0) is 15.6.